The summed E-state index contributed by atoms with van der Waals surface area (Å²) in [6.07, 6.45) is 7.17. The van der Waals surface area contributed by atoms with Gasteiger partial charge in [-0.1, -0.05) is 18.7 Å². The zero-order valence-electron chi connectivity index (χ0n) is 3.96. The molecule has 1 heteroatoms. The number of hydrogen-bond acceptors (Lipinski definition) is 0. The fraction of sp³-hybridized carbons (Fsp3) is 0. The van der Waals surface area contributed by atoms with Crippen molar-refractivity contribution in [1.29, 1.82) is 0 Å². The Bertz CT molecular complexity index is 117. The van der Waals surface area contributed by atoms with Crippen molar-refractivity contribution in [1.82, 2.24) is 0 Å². The highest BCUT2D eigenvalue weighted by Crippen LogP contribution is 2.05. The summed E-state index contributed by atoms with van der Waals surface area (Å²) in [6, 6.07) is 0. The second kappa shape index (κ2) is 1.65. The molecule has 1 aliphatic heterocycles. The van der Waals surface area contributed by atoms with E-state index in [1.165, 1.54) is 0 Å². The Balaban J connectivity index is 2.66. The Kier molecular flexibility index (Phi) is 0.984. The monoisotopic (exact) mass is 92.1 g/mol. The summed E-state index contributed by atoms with van der Waals surface area (Å²) in [6.45, 7) is 3.68. The highest BCUT2D eigenvalue weighted by atomic mass is 14.8. The first kappa shape index (κ1) is 4.19. The maximum atomic E-state index is 3.81. The van der Waals surface area contributed by atoms with Gasteiger partial charge in [0.15, 0.2) is 0 Å². The fourth-order valence-corrected chi connectivity index (χ4v) is 0.383. The number of hydrogen-bond donors (Lipinski definition) is 0. The summed E-state index contributed by atoms with van der Waals surface area (Å²) in [5.41, 5.74) is 1.01. The van der Waals surface area contributed by atoms with E-state index in [-0.39, 0.29) is 0 Å². The van der Waals surface area contributed by atoms with E-state index in [1.54, 1.807) is 12.4 Å². The van der Waals surface area contributed by atoms with Gasteiger partial charge in [0.05, 0.1) is 0 Å². The van der Waals surface area contributed by atoms with Gasteiger partial charge in [-0.05, 0) is 5.57 Å². The van der Waals surface area contributed by atoms with Crippen molar-refractivity contribution >= 4 is 0 Å². The van der Waals surface area contributed by atoms with E-state index in [9.17, 15) is 0 Å². The summed E-state index contributed by atoms with van der Waals surface area (Å²) in [5.74, 6) is 0. The van der Waals surface area contributed by atoms with Gasteiger partial charge in [0.2, 0.25) is 0 Å². The molecule has 0 unspecified atom stereocenters. The fourth-order valence-electron chi connectivity index (χ4n) is 0.383. The van der Waals surface area contributed by atoms with Crippen LogP contribution in [0.4, 0.5) is 0 Å². The summed E-state index contributed by atoms with van der Waals surface area (Å²) in [4.78, 5) is 0. The summed E-state index contributed by atoms with van der Waals surface area (Å²) < 4.78 is 0. The van der Waals surface area contributed by atoms with Gasteiger partial charge in [-0.3, -0.25) is 0 Å². The van der Waals surface area contributed by atoms with Crippen molar-refractivity contribution in [2.45, 2.75) is 0 Å². The van der Waals surface area contributed by atoms with E-state index >= 15 is 0 Å². The van der Waals surface area contributed by atoms with E-state index in [0.29, 0.717) is 0 Å². The Morgan fingerprint density at radius 3 is 2.14 bits per heavy atom. The van der Waals surface area contributed by atoms with Crippen molar-refractivity contribution in [2.75, 3.05) is 0 Å². The Morgan fingerprint density at radius 1 is 1.29 bits per heavy atom. The highest BCUT2D eigenvalue weighted by Gasteiger charge is 1.73. The lowest BCUT2D eigenvalue weighted by atomic mass is 10.3. The molecule has 0 bridgehead atoms. The van der Waals surface area contributed by atoms with Gasteiger partial charge < -0.3 is 5.32 Å². The third-order valence-electron chi connectivity index (χ3n) is 0.749. The van der Waals surface area contributed by atoms with E-state index in [4.69, 9.17) is 0 Å². The largest absolute Gasteiger partial charge is 0.670 e. The average molecular weight is 92.1 g/mol. The van der Waals surface area contributed by atoms with Crippen molar-refractivity contribution in [2.24, 2.45) is 0 Å². The first-order chi connectivity index (χ1) is 3.39. The lowest BCUT2D eigenvalue weighted by molar-refractivity contribution is 1.62. The van der Waals surface area contributed by atoms with Crippen LogP contribution >= 0.6 is 0 Å². The number of allylic oxidation sites excluding steroid dienone is 3. The van der Waals surface area contributed by atoms with Crippen LogP contribution in [-0.2, 0) is 0 Å². The normalized spacial score (nSPS) is 16.9. The summed E-state index contributed by atoms with van der Waals surface area (Å²) >= 11 is 0. The standard InChI is InChI=1S/C6H6N/c1-6-2-4-7-5-3-6/h2-5H,1H2/q-1. The van der Waals surface area contributed by atoms with Gasteiger partial charge in [-0.15, -0.1) is 0 Å². The molecule has 0 fully saturated rings. The molecule has 0 amide bonds. The predicted molar refractivity (Wildman–Crippen MR) is 30.8 cm³/mol. The number of nitrogens with zero attached hydrogens (tertiary/aromatic N) is 1. The minimum Gasteiger partial charge on any atom is -0.670 e. The van der Waals surface area contributed by atoms with E-state index in [2.05, 4.69) is 11.9 Å². The molecule has 7 heavy (non-hydrogen) atoms. The Morgan fingerprint density at radius 2 is 1.86 bits per heavy atom. The molecule has 1 aliphatic rings. The van der Waals surface area contributed by atoms with Gasteiger partial charge in [0, 0.05) is 0 Å². The lowest BCUT2D eigenvalue weighted by Gasteiger charge is -2.10. The van der Waals surface area contributed by atoms with Crippen LogP contribution < -0.4 is 0 Å². The molecular formula is C6H6N-. The lowest BCUT2D eigenvalue weighted by Crippen LogP contribution is -1.70. The van der Waals surface area contributed by atoms with Crippen LogP contribution in [0.15, 0.2) is 36.7 Å². The van der Waals surface area contributed by atoms with Gasteiger partial charge >= 0.3 is 0 Å². The van der Waals surface area contributed by atoms with Crippen LogP contribution in [-0.4, -0.2) is 0 Å². The minimum atomic E-state index is 1.01. The molecule has 0 radical (unpaired) electrons. The number of rotatable bonds is 0. The average Bonchev–Trinajstić information content (AvgIpc) is 1.69. The zero-order chi connectivity index (χ0) is 5.11. The zero-order valence-corrected chi connectivity index (χ0v) is 3.96. The van der Waals surface area contributed by atoms with Crippen molar-refractivity contribution in [3.8, 4) is 0 Å². The van der Waals surface area contributed by atoms with Crippen LogP contribution in [0.2, 0.25) is 0 Å². The van der Waals surface area contributed by atoms with Crippen LogP contribution in [0, 0.1) is 0 Å². The third kappa shape index (κ3) is 0.929. The smallest absolute Gasteiger partial charge is 0.0364 e. The molecule has 1 rings (SSSR count). The first-order valence-electron chi connectivity index (χ1n) is 2.11. The topological polar surface area (TPSA) is 14.1 Å². The van der Waals surface area contributed by atoms with E-state index in [1.807, 2.05) is 12.2 Å². The highest BCUT2D eigenvalue weighted by molar-refractivity contribution is 5.37. The first-order valence-corrected chi connectivity index (χ1v) is 2.11. The second-order valence-electron chi connectivity index (χ2n) is 1.36. The van der Waals surface area contributed by atoms with Crippen LogP contribution in [0.25, 0.3) is 5.32 Å². The molecule has 1 heterocycles. The minimum absolute atomic E-state index is 1.01. The van der Waals surface area contributed by atoms with Crippen LogP contribution in [0.3, 0.4) is 0 Å². The van der Waals surface area contributed by atoms with Crippen LogP contribution in [0.5, 0.6) is 0 Å². The summed E-state index contributed by atoms with van der Waals surface area (Å²) in [5, 5.41) is 3.81. The van der Waals surface area contributed by atoms with Crippen molar-refractivity contribution in [3.05, 3.63) is 42.0 Å². The maximum absolute atomic E-state index is 3.81. The molecule has 0 N–H and O–H groups in total. The van der Waals surface area contributed by atoms with Gasteiger partial charge in [0.1, 0.15) is 0 Å². The van der Waals surface area contributed by atoms with Gasteiger partial charge in [-0.25, -0.2) is 0 Å². The second-order valence-corrected chi connectivity index (χ2v) is 1.36. The molecule has 0 saturated heterocycles. The molecule has 0 aromatic rings. The molecule has 0 aromatic heterocycles. The van der Waals surface area contributed by atoms with Crippen molar-refractivity contribution < 1.29 is 0 Å². The Labute approximate surface area is 43.0 Å². The molecular weight excluding hydrogens is 86.1 g/mol. The Hall–Kier alpha value is -0.980. The molecule has 36 valence electrons. The maximum Gasteiger partial charge on any atom is -0.0364 e. The molecule has 0 aromatic carbocycles. The molecule has 0 spiro atoms. The molecule has 0 aliphatic carbocycles. The SMILES string of the molecule is C=C1C=C[N-]C=C1. The summed E-state index contributed by atoms with van der Waals surface area (Å²) in [7, 11) is 0. The van der Waals surface area contributed by atoms with E-state index < -0.39 is 0 Å². The van der Waals surface area contributed by atoms with Crippen LogP contribution in [0.1, 0.15) is 0 Å². The molecule has 0 saturated carbocycles. The van der Waals surface area contributed by atoms with Gasteiger partial charge in [-0.2, -0.15) is 12.4 Å². The quantitative estimate of drug-likeness (QED) is 0.433. The van der Waals surface area contributed by atoms with Crippen molar-refractivity contribution in [3.63, 3.8) is 0 Å². The third-order valence-corrected chi connectivity index (χ3v) is 0.749. The predicted octanol–water partition coefficient (Wildman–Crippen LogP) is 1.96. The van der Waals surface area contributed by atoms with E-state index in [0.717, 1.165) is 5.57 Å². The molecule has 0 atom stereocenters. The molecule has 1 nitrogen and oxygen atoms in total. The van der Waals surface area contributed by atoms with Gasteiger partial charge in [0.25, 0.3) is 0 Å².